The van der Waals surface area contributed by atoms with Gasteiger partial charge in [-0.15, -0.1) is 0 Å². The van der Waals surface area contributed by atoms with Crippen molar-refractivity contribution < 1.29 is 23.9 Å². The number of rotatable bonds is 5. The Morgan fingerprint density at radius 2 is 1.88 bits per heavy atom. The van der Waals surface area contributed by atoms with Gasteiger partial charge in [0.1, 0.15) is 6.61 Å². The Bertz CT molecular complexity index is 300. The molecule has 0 fully saturated rings. The standard InChI is InChI=1S/C9H14N2O5/c1-6(11-9(10)14)5-16-8(13)4-3-7(12)15-2/h3-4,6H,5H2,1-2H3,(H3,10,11,14)/b4-3+. The van der Waals surface area contributed by atoms with Gasteiger partial charge >= 0.3 is 18.0 Å². The molecule has 0 heterocycles. The van der Waals surface area contributed by atoms with Gasteiger partial charge in [0, 0.05) is 12.2 Å². The molecule has 0 bridgehead atoms. The summed E-state index contributed by atoms with van der Waals surface area (Å²) in [5, 5.41) is 2.32. The number of methoxy groups -OCH3 is 1. The van der Waals surface area contributed by atoms with Gasteiger partial charge < -0.3 is 20.5 Å². The van der Waals surface area contributed by atoms with Gasteiger partial charge in [-0.25, -0.2) is 14.4 Å². The number of nitrogens with one attached hydrogen (secondary N) is 1. The fourth-order valence-corrected chi connectivity index (χ4v) is 0.744. The first-order chi connectivity index (χ1) is 7.45. The highest BCUT2D eigenvalue weighted by molar-refractivity contribution is 5.91. The summed E-state index contributed by atoms with van der Waals surface area (Å²) in [6.07, 6.45) is 1.87. The van der Waals surface area contributed by atoms with E-state index in [-0.39, 0.29) is 6.61 Å². The minimum absolute atomic E-state index is 0.0344. The maximum Gasteiger partial charge on any atom is 0.331 e. The summed E-state index contributed by atoms with van der Waals surface area (Å²) >= 11 is 0. The van der Waals surface area contributed by atoms with Crippen molar-refractivity contribution in [3.8, 4) is 0 Å². The molecule has 0 aliphatic carbocycles. The van der Waals surface area contributed by atoms with Gasteiger partial charge in [0.25, 0.3) is 0 Å². The molecule has 3 N–H and O–H groups in total. The van der Waals surface area contributed by atoms with E-state index >= 15 is 0 Å². The largest absolute Gasteiger partial charge is 0.466 e. The number of nitrogens with two attached hydrogens (primary N) is 1. The number of carbonyl (C=O) groups is 3. The Labute approximate surface area is 92.6 Å². The molecule has 90 valence electrons. The molecule has 0 saturated heterocycles. The third-order valence-corrected chi connectivity index (χ3v) is 1.42. The Kier molecular flexibility index (Phi) is 6.34. The van der Waals surface area contributed by atoms with Crippen LogP contribution in [0.15, 0.2) is 12.2 Å². The van der Waals surface area contributed by atoms with E-state index in [2.05, 4.69) is 10.1 Å². The molecule has 7 nitrogen and oxygen atoms in total. The zero-order valence-electron chi connectivity index (χ0n) is 9.06. The number of carbonyl (C=O) groups excluding carboxylic acids is 3. The van der Waals surface area contributed by atoms with Crippen LogP contribution in [0.25, 0.3) is 0 Å². The molecule has 1 atom stereocenters. The Balaban J connectivity index is 3.85. The molecule has 2 amide bonds. The van der Waals surface area contributed by atoms with Crippen LogP contribution in [0.3, 0.4) is 0 Å². The first-order valence-electron chi connectivity index (χ1n) is 4.44. The minimum atomic E-state index is -0.705. The highest BCUT2D eigenvalue weighted by atomic mass is 16.5. The number of amides is 2. The normalized spacial score (nSPS) is 11.9. The van der Waals surface area contributed by atoms with Crippen molar-refractivity contribution in [2.24, 2.45) is 5.73 Å². The van der Waals surface area contributed by atoms with E-state index in [4.69, 9.17) is 10.5 Å². The second-order valence-corrected chi connectivity index (χ2v) is 2.90. The summed E-state index contributed by atoms with van der Waals surface area (Å²) in [4.78, 5) is 32.0. The lowest BCUT2D eigenvalue weighted by Gasteiger charge is -2.10. The van der Waals surface area contributed by atoms with Crippen LogP contribution in [0.1, 0.15) is 6.92 Å². The predicted octanol–water partition coefficient (Wildman–Crippen LogP) is -0.684. The summed E-state index contributed by atoms with van der Waals surface area (Å²) in [5.74, 6) is -1.36. The van der Waals surface area contributed by atoms with E-state index in [0.29, 0.717) is 0 Å². The summed E-state index contributed by atoms with van der Waals surface area (Å²) in [6, 6.07) is -1.10. The van der Waals surface area contributed by atoms with Crippen molar-refractivity contribution >= 4 is 18.0 Å². The average Bonchev–Trinajstić information content (AvgIpc) is 2.22. The lowest BCUT2D eigenvalue weighted by Crippen LogP contribution is -2.39. The van der Waals surface area contributed by atoms with Crippen molar-refractivity contribution in [1.29, 1.82) is 0 Å². The maximum absolute atomic E-state index is 11.0. The molecule has 0 saturated carbocycles. The highest BCUT2D eigenvalue weighted by Crippen LogP contribution is 1.88. The molecular formula is C9H14N2O5. The number of hydrogen-bond donors (Lipinski definition) is 2. The molecule has 7 heteroatoms. The first kappa shape index (κ1) is 13.9. The summed E-state index contributed by atoms with van der Waals surface area (Å²) in [5.41, 5.74) is 4.85. The number of ether oxygens (including phenoxy) is 2. The maximum atomic E-state index is 11.0. The molecule has 0 radical (unpaired) electrons. The van der Waals surface area contributed by atoms with Gasteiger partial charge in [0.2, 0.25) is 0 Å². The summed E-state index contributed by atoms with van der Waals surface area (Å²) in [7, 11) is 1.19. The smallest absolute Gasteiger partial charge is 0.331 e. The molecule has 0 aromatic rings. The Morgan fingerprint density at radius 1 is 1.31 bits per heavy atom. The summed E-state index contributed by atoms with van der Waals surface area (Å²) < 4.78 is 8.97. The van der Waals surface area contributed by atoms with E-state index in [1.807, 2.05) is 0 Å². The monoisotopic (exact) mass is 230 g/mol. The molecule has 16 heavy (non-hydrogen) atoms. The quantitative estimate of drug-likeness (QED) is 0.480. The van der Waals surface area contributed by atoms with E-state index in [1.165, 1.54) is 7.11 Å². The van der Waals surface area contributed by atoms with E-state index in [1.54, 1.807) is 6.92 Å². The second-order valence-electron chi connectivity index (χ2n) is 2.90. The van der Waals surface area contributed by atoms with E-state index in [0.717, 1.165) is 12.2 Å². The fourth-order valence-electron chi connectivity index (χ4n) is 0.744. The topological polar surface area (TPSA) is 108 Å². The predicted molar refractivity (Wildman–Crippen MR) is 54.3 cm³/mol. The molecular weight excluding hydrogens is 216 g/mol. The number of primary amides is 1. The van der Waals surface area contributed by atoms with Gasteiger partial charge in [-0.2, -0.15) is 0 Å². The zero-order valence-corrected chi connectivity index (χ0v) is 9.06. The fraction of sp³-hybridized carbons (Fsp3) is 0.444. The highest BCUT2D eigenvalue weighted by Gasteiger charge is 2.06. The lowest BCUT2D eigenvalue weighted by molar-refractivity contribution is -0.139. The first-order valence-corrected chi connectivity index (χ1v) is 4.44. The third-order valence-electron chi connectivity index (χ3n) is 1.42. The van der Waals surface area contributed by atoms with Crippen molar-refractivity contribution in [3.05, 3.63) is 12.2 Å². The number of esters is 2. The van der Waals surface area contributed by atoms with Crippen LogP contribution in [-0.2, 0) is 19.1 Å². The van der Waals surface area contributed by atoms with Crippen LogP contribution in [-0.4, -0.2) is 37.7 Å². The van der Waals surface area contributed by atoms with Crippen molar-refractivity contribution in [1.82, 2.24) is 5.32 Å². The molecule has 0 aromatic carbocycles. The molecule has 1 unspecified atom stereocenters. The second kappa shape index (κ2) is 7.27. The molecule has 0 rings (SSSR count). The minimum Gasteiger partial charge on any atom is -0.466 e. The molecule has 0 aliphatic rings. The SMILES string of the molecule is COC(=O)/C=C/C(=O)OCC(C)NC(N)=O. The van der Waals surface area contributed by atoms with Crippen LogP contribution in [0.5, 0.6) is 0 Å². The van der Waals surface area contributed by atoms with Crippen LogP contribution in [0.2, 0.25) is 0 Å². The zero-order chi connectivity index (χ0) is 12.6. The van der Waals surface area contributed by atoms with Gasteiger partial charge in [-0.1, -0.05) is 0 Å². The van der Waals surface area contributed by atoms with Gasteiger partial charge in [-0.3, -0.25) is 0 Å². The third kappa shape index (κ3) is 7.36. The van der Waals surface area contributed by atoms with Crippen molar-refractivity contribution in [2.45, 2.75) is 13.0 Å². The van der Waals surface area contributed by atoms with Crippen LogP contribution < -0.4 is 11.1 Å². The van der Waals surface area contributed by atoms with E-state index < -0.39 is 24.0 Å². The van der Waals surface area contributed by atoms with Crippen molar-refractivity contribution in [2.75, 3.05) is 13.7 Å². The van der Waals surface area contributed by atoms with Crippen LogP contribution in [0, 0.1) is 0 Å². The number of hydrogen-bond acceptors (Lipinski definition) is 5. The van der Waals surface area contributed by atoms with Crippen molar-refractivity contribution in [3.63, 3.8) is 0 Å². The van der Waals surface area contributed by atoms with Gasteiger partial charge in [0.15, 0.2) is 0 Å². The summed E-state index contributed by atoms with van der Waals surface area (Å²) in [6.45, 7) is 1.58. The van der Waals surface area contributed by atoms with Crippen LogP contribution in [0.4, 0.5) is 4.79 Å². The average molecular weight is 230 g/mol. The molecule has 0 aliphatic heterocycles. The molecule has 0 aromatic heterocycles. The van der Waals surface area contributed by atoms with Crippen LogP contribution >= 0.6 is 0 Å². The lowest BCUT2D eigenvalue weighted by atomic mass is 10.4. The molecule has 0 spiro atoms. The van der Waals surface area contributed by atoms with Gasteiger partial charge in [0.05, 0.1) is 13.2 Å². The Hall–Kier alpha value is -2.05. The van der Waals surface area contributed by atoms with Gasteiger partial charge in [-0.05, 0) is 6.92 Å². The number of urea groups is 1. The Morgan fingerprint density at radius 3 is 2.38 bits per heavy atom. The van der Waals surface area contributed by atoms with E-state index in [9.17, 15) is 14.4 Å².